The molecule has 3 N–H and O–H groups in total. The zero-order chi connectivity index (χ0) is 9.14. The summed E-state index contributed by atoms with van der Waals surface area (Å²) in [6.45, 7) is 0. The van der Waals surface area contributed by atoms with Gasteiger partial charge in [0.2, 0.25) is 0 Å². The molecule has 64 valence electrons. The SMILES string of the molecule is NC(=O)C(O)c1cccc(Br)n1. The molecule has 5 heteroatoms. The van der Waals surface area contributed by atoms with Crippen LogP contribution in [0.1, 0.15) is 11.8 Å². The van der Waals surface area contributed by atoms with Crippen LogP contribution in [-0.4, -0.2) is 16.0 Å². The number of nitrogens with zero attached hydrogens (tertiary/aromatic N) is 1. The Balaban J connectivity index is 2.95. The van der Waals surface area contributed by atoms with Gasteiger partial charge >= 0.3 is 0 Å². The van der Waals surface area contributed by atoms with Gasteiger partial charge in [0.1, 0.15) is 4.60 Å². The number of halogens is 1. The number of carbonyl (C=O) groups excluding carboxylic acids is 1. The van der Waals surface area contributed by atoms with E-state index in [1.165, 1.54) is 6.07 Å². The number of amides is 1. The van der Waals surface area contributed by atoms with Crippen molar-refractivity contribution >= 4 is 21.8 Å². The molecule has 1 rings (SSSR count). The van der Waals surface area contributed by atoms with Gasteiger partial charge in [-0.2, -0.15) is 0 Å². The smallest absolute Gasteiger partial charge is 0.252 e. The van der Waals surface area contributed by atoms with Crippen molar-refractivity contribution in [3.63, 3.8) is 0 Å². The van der Waals surface area contributed by atoms with Gasteiger partial charge in [0.15, 0.2) is 6.10 Å². The number of aromatic nitrogens is 1. The lowest BCUT2D eigenvalue weighted by atomic mass is 10.2. The van der Waals surface area contributed by atoms with Crippen molar-refractivity contribution in [1.82, 2.24) is 4.98 Å². The first-order valence-electron chi connectivity index (χ1n) is 3.21. The fraction of sp³-hybridized carbons (Fsp3) is 0.143. The van der Waals surface area contributed by atoms with Crippen LogP contribution in [0, 0.1) is 0 Å². The standard InChI is InChI=1S/C7H7BrN2O2/c8-5-3-1-2-4(10-5)6(11)7(9)12/h1-3,6,11H,(H2,9,12). The lowest BCUT2D eigenvalue weighted by Gasteiger charge is -2.04. The summed E-state index contributed by atoms with van der Waals surface area (Å²) in [5.74, 6) is -0.805. The van der Waals surface area contributed by atoms with Crippen LogP contribution in [0.5, 0.6) is 0 Å². The molecule has 0 saturated heterocycles. The van der Waals surface area contributed by atoms with Gasteiger partial charge in [-0.3, -0.25) is 4.79 Å². The number of hydrogen-bond donors (Lipinski definition) is 2. The van der Waals surface area contributed by atoms with Crippen molar-refractivity contribution in [2.45, 2.75) is 6.10 Å². The van der Waals surface area contributed by atoms with E-state index in [1.807, 2.05) is 0 Å². The maximum atomic E-state index is 10.5. The predicted molar refractivity (Wildman–Crippen MR) is 46.1 cm³/mol. The number of aliphatic hydroxyl groups excluding tert-OH is 1. The van der Waals surface area contributed by atoms with Crippen LogP contribution in [-0.2, 0) is 4.79 Å². The Morgan fingerprint density at radius 1 is 1.67 bits per heavy atom. The van der Waals surface area contributed by atoms with E-state index in [9.17, 15) is 4.79 Å². The summed E-state index contributed by atoms with van der Waals surface area (Å²) in [4.78, 5) is 14.4. The van der Waals surface area contributed by atoms with Gasteiger partial charge in [-0.05, 0) is 28.1 Å². The molecular weight excluding hydrogens is 224 g/mol. The minimum Gasteiger partial charge on any atom is -0.377 e. The van der Waals surface area contributed by atoms with Gasteiger partial charge in [0.05, 0.1) is 5.69 Å². The molecule has 0 aliphatic carbocycles. The summed E-state index contributed by atoms with van der Waals surface area (Å²) in [5, 5.41) is 9.16. The van der Waals surface area contributed by atoms with Crippen molar-refractivity contribution in [2.75, 3.05) is 0 Å². The van der Waals surface area contributed by atoms with Crippen molar-refractivity contribution in [2.24, 2.45) is 5.73 Å². The Bertz CT molecular complexity index is 303. The van der Waals surface area contributed by atoms with Crippen molar-refractivity contribution < 1.29 is 9.90 Å². The van der Waals surface area contributed by atoms with Crippen LogP contribution in [0.2, 0.25) is 0 Å². The zero-order valence-electron chi connectivity index (χ0n) is 6.07. The van der Waals surface area contributed by atoms with Gasteiger partial charge in [-0.15, -0.1) is 0 Å². The van der Waals surface area contributed by atoms with Crippen molar-refractivity contribution in [3.05, 3.63) is 28.5 Å². The van der Waals surface area contributed by atoms with Crippen LogP contribution in [0.15, 0.2) is 22.8 Å². The number of hydrogen-bond acceptors (Lipinski definition) is 3. The second-order valence-electron chi connectivity index (χ2n) is 2.19. The van der Waals surface area contributed by atoms with Gasteiger partial charge in [-0.25, -0.2) is 4.98 Å². The second-order valence-corrected chi connectivity index (χ2v) is 3.00. The van der Waals surface area contributed by atoms with Crippen LogP contribution in [0.3, 0.4) is 0 Å². The minimum atomic E-state index is -1.33. The number of carbonyl (C=O) groups is 1. The highest BCUT2D eigenvalue weighted by Crippen LogP contribution is 2.12. The molecule has 0 aliphatic rings. The van der Waals surface area contributed by atoms with Crippen LogP contribution in [0.25, 0.3) is 0 Å². The fourth-order valence-electron chi connectivity index (χ4n) is 0.722. The summed E-state index contributed by atoms with van der Waals surface area (Å²) in [7, 11) is 0. The first kappa shape index (κ1) is 9.15. The summed E-state index contributed by atoms with van der Waals surface area (Å²) in [5.41, 5.74) is 5.12. The molecule has 0 saturated carbocycles. The number of rotatable bonds is 2. The normalized spacial score (nSPS) is 12.5. The van der Waals surface area contributed by atoms with Crippen LogP contribution < -0.4 is 5.73 Å². The molecule has 12 heavy (non-hydrogen) atoms. The summed E-state index contributed by atoms with van der Waals surface area (Å²) in [6, 6.07) is 4.88. The Morgan fingerprint density at radius 3 is 2.83 bits per heavy atom. The largest absolute Gasteiger partial charge is 0.377 e. The maximum absolute atomic E-state index is 10.5. The Kier molecular flexibility index (Phi) is 2.78. The summed E-state index contributed by atoms with van der Waals surface area (Å²) < 4.78 is 0.556. The average molecular weight is 231 g/mol. The Hall–Kier alpha value is -0.940. The molecule has 0 spiro atoms. The van der Waals surface area contributed by atoms with E-state index < -0.39 is 12.0 Å². The third-order valence-corrected chi connectivity index (χ3v) is 1.73. The topological polar surface area (TPSA) is 76.2 Å². The molecule has 1 unspecified atom stereocenters. The number of aliphatic hydroxyl groups is 1. The highest BCUT2D eigenvalue weighted by atomic mass is 79.9. The third kappa shape index (κ3) is 2.02. The second kappa shape index (κ2) is 3.64. The molecule has 0 radical (unpaired) electrons. The molecule has 0 aromatic carbocycles. The minimum absolute atomic E-state index is 0.247. The van der Waals surface area contributed by atoms with E-state index in [0.29, 0.717) is 4.60 Å². The zero-order valence-corrected chi connectivity index (χ0v) is 7.65. The molecule has 1 aromatic heterocycles. The Labute approximate surface area is 77.5 Å². The van der Waals surface area contributed by atoms with Gasteiger partial charge < -0.3 is 10.8 Å². The Morgan fingerprint density at radius 2 is 2.33 bits per heavy atom. The third-order valence-electron chi connectivity index (χ3n) is 1.29. The van der Waals surface area contributed by atoms with E-state index in [-0.39, 0.29) is 5.69 Å². The summed E-state index contributed by atoms with van der Waals surface area (Å²) >= 11 is 3.11. The van der Waals surface area contributed by atoms with E-state index in [1.54, 1.807) is 12.1 Å². The van der Waals surface area contributed by atoms with E-state index in [4.69, 9.17) is 10.8 Å². The molecule has 1 atom stereocenters. The molecule has 0 fully saturated rings. The molecule has 0 aliphatic heterocycles. The lowest BCUT2D eigenvalue weighted by molar-refractivity contribution is -0.126. The quantitative estimate of drug-likeness (QED) is 0.721. The molecule has 1 heterocycles. The van der Waals surface area contributed by atoms with Crippen LogP contribution >= 0.6 is 15.9 Å². The van der Waals surface area contributed by atoms with Crippen molar-refractivity contribution in [3.8, 4) is 0 Å². The van der Waals surface area contributed by atoms with Gasteiger partial charge in [0.25, 0.3) is 5.91 Å². The van der Waals surface area contributed by atoms with E-state index in [0.717, 1.165) is 0 Å². The molecule has 1 amide bonds. The number of nitrogens with two attached hydrogens (primary N) is 1. The van der Waals surface area contributed by atoms with E-state index >= 15 is 0 Å². The van der Waals surface area contributed by atoms with Crippen molar-refractivity contribution in [1.29, 1.82) is 0 Å². The maximum Gasteiger partial charge on any atom is 0.252 e. The fourth-order valence-corrected chi connectivity index (χ4v) is 1.08. The molecular formula is C7H7BrN2O2. The summed E-state index contributed by atoms with van der Waals surface area (Å²) in [6.07, 6.45) is -1.33. The number of primary amides is 1. The lowest BCUT2D eigenvalue weighted by Crippen LogP contribution is -2.21. The first-order chi connectivity index (χ1) is 5.61. The highest BCUT2D eigenvalue weighted by molar-refractivity contribution is 9.10. The van der Waals surface area contributed by atoms with Gasteiger partial charge in [-0.1, -0.05) is 6.07 Å². The monoisotopic (exact) mass is 230 g/mol. The number of pyridine rings is 1. The highest BCUT2D eigenvalue weighted by Gasteiger charge is 2.14. The van der Waals surface area contributed by atoms with Gasteiger partial charge in [0, 0.05) is 0 Å². The average Bonchev–Trinajstić information content (AvgIpc) is 2.03. The van der Waals surface area contributed by atoms with E-state index in [2.05, 4.69) is 20.9 Å². The first-order valence-corrected chi connectivity index (χ1v) is 4.00. The molecule has 1 aromatic rings. The predicted octanol–water partition coefficient (Wildman–Crippen LogP) is 0.363. The van der Waals surface area contributed by atoms with Crippen LogP contribution in [0.4, 0.5) is 0 Å². The molecule has 4 nitrogen and oxygen atoms in total. The molecule has 0 bridgehead atoms.